The lowest BCUT2D eigenvalue weighted by Crippen LogP contribution is -2.35. The lowest BCUT2D eigenvalue weighted by atomic mass is 10.1. The number of nitrogens with one attached hydrogen (secondary N) is 1. The molecule has 0 radical (unpaired) electrons. The molecule has 0 spiro atoms. The summed E-state index contributed by atoms with van der Waals surface area (Å²) in [4.78, 5) is 16.2. The van der Waals surface area contributed by atoms with E-state index in [0.717, 1.165) is 5.39 Å². The van der Waals surface area contributed by atoms with Gasteiger partial charge in [0.1, 0.15) is 5.52 Å². The van der Waals surface area contributed by atoms with E-state index < -0.39 is 21.8 Å². The van der Waals surface area contributed by atoms with Gasteiger partial charge in [-0.25, -0.2) is 8.42 Å². The van der Waals surface area contributed by atoms with Gasteiger partial charge in [0.2, 0.25) is 0 Å². The minimum absolute atomic E-state index is 0.0503. The molecule has 2 N–H and O–H groups in total. The van der Waals surface area contributed by atoms with Crippen molar-refractivity contribution in [2.75, 3.05) is 11.5 Å². The second-order valence-electron chi connectivity index (χ2n) is 5.11. The van der Waals surface area contributed by atoms with Gasteiger partial charge in [0.05, 0.1) is 17.1 Å². The first kappa shape index (κ1) is 13.8. The highest BCUT2D eigenvalue weighted by Gasteiger charge is 2.29. The molecule has 110 valence electrons. The molecule has 6 nitrogen and oxygen atoms in total. The number of amides is 1. The third-order valence-corrected chi connectivity index (χ3v) is 5.33. The van der Waals surface area contributed by atoms with Crippen LogP contribution < -0.4 is 5.32 Å². The van der Waals surface area contributed by atoms with Gasteiger partial charge in [-0.2, -0.15) is 0 Å². The Morgan fingerprint density at radius 1 is 1.33 bits per heavy atom. The quantitative estimate of drug-likeness (QED) is 0.857. The van der Waals surface area contributed by atoms with Gasteiger partial charge in [0.15, 0.2) is 15.6 Å². The first-order chi connectivity index (χ1) is 9.96. The highest BCUT2D eigenvalue weighted by Crippen LogP contribution is 2.27. The predicted molar refractivity (Wildman–Crippen MR) is 77.9 cm³/mol. The smallest absolute Gasteiger partial charge is 0.255 e. The third-order valence-electron chi connectivity index (χ3n) is 3.56. The summed E-state index contributed by atoms with van der Waals surface area (Å²) in [6.07, 6.45) is 1.94. The van der Waals surface area contributed by atoms with Crippen LogP contribution in [-0.4, -0.2) is 42.0 Å². The number of rotatable bonds is 2. The number of nitrogens with zero attached hydrogens (tertiary/aromatic N) is 1. The normalized spacial score (nSPS) is 20.5. The van der Waals surface area contributed by atoms with Crippen LogP contribution >= 0.6 is 0 Å². The monoisotopic (exact) mass is 306 g/mol. The number of aromatic nitrogens is 1. The molecule has 2 heterocycles. The SMILES string of the molecule is O=C(NC1CCS(=O)(=O)C1)c1ccc2cccnc2c1O. The number of carbonyl (C=O) groups is 1. The number of hydrogen-bond donors (Lipinski definition) is 2. The van der Waals surface area contributed by atoms with Gasteiger partial charge in [-0.3, -0.25) is 9.78 Å². The summed E-state index contributed by atoms with van der Waals surface area (Å²) >= 11 is 0. The van der Waals surface area contributed by atoms with Crippen LogP contribution in [0.1, 0.15) is 16.8 Å². The van der Waals surface area contributed by atoms with Crippen LogP contribution in [0, 0.1) is 0 Å². The highest BCUT2D eigenvalue weighted by atomic mass is 32.2. The molecular weight excluding hydrogens is 292 g/mol. The van der Waals surface area contributed by atoms with Crippen molar-refractivity contribution in [3.05, 3.63) is 36.0 Å². The number of pyridine rings is 1. The van der Waals surface area contributed by atoms with E-state index in [-0.39, 0.29) is 22.8 Å². The van der Waals surface area contributed by atoms with Gasteiger partial charge in [-0.15, -0.1) is 0 Å². The van der Waals surface area contributed by atoms with E-state index in [4.69, 9.17) is 0 Å². The third kappa shape index (κ3) is 2.69. The van der Waals surface area contributed by atoms with Crippen molar-refractivity contribution < 1.29 is 18.3 Å². The number of carbonyl (C=O) groups excluding carboxylic acids is 1. The lowest BCUT2D eigenvalue weighted by molar-refractivity contribution is 0.0938. The molecule has 21 heavy (non-hydrogen) atoms. The number of aromatic hydroxyl groups is 1. The van der Waals surface area contributed by atoms with Crippen molar-refractivity contribution in [1.82, 2.24) is 10.3 Å². The Kier molecular flexibility index (Phi) is 3.29. The average Bonchev–Trinajstić information content (AvgIpc) is 2.78. The summed E-state index contributed by atoms with van der Waals surface area (Å²) in [7, 11) is -3.06. The predicted octanol–water partition coefficient (Wildman–Crippen LogP) is 0.857. The zero-order valence-electron chi connectivity index (χ0n) is 11.1. The van der Waals surface area contributed by atoms with Crippen LogP contribution in [0.5, 0.6) is 5.75 Å². The Hall–Kier alpha value is -2.15. The van der Waals surface area contributed by atoms with Crippen LogP contribution in [0.15, 0.2) is 30.5 Å². The fourth-order valence-corrected chi connectivity index (χ4v) is 4.16. The maximum Gasteiger partial charge on any atom is 0.255 e. The second-order valence-corrected chi connectivity index (χ2v) is 7.34. The summed E-state index contributed by atoms with van der Waals surface area (Å²) in [5, 5.41) is 13.5. The number of fused-ring (bicyclic) bond motifs is 1. The Balaban J connectivity index is 1.87. The first-order valence-electron chi connectivity index (χ1n) is 6.54. The molecule has 1 aliphatic rings. The van der Waals surface area contributed by atoms with E-state index in [1.807, 2.05) is 0 Å². The zero-order chi connectivity index (χ0) is 15.0. The van der Waals surface area contributed by atoms with Crippen LogP contribution in [0.25, 0.3) is 10.9 Å². The van der Waals surface area contributed by atoms with Crippen molar-refractivity contribution in [2.45, 2.75) is 12.5 Å². The summed E-state index contributed by atoms with van der Waals surface area (Å²) in [5.74, 6) is -0.636. The van der Waals surface area contributed by atoms with Crippen LogP contribution in [0.3, 0.4) is 0 Å². The fraction of sp³-hybridized carbons (Fsp3) is 0.286. The number of phenols is 1. The Labute approximate surface area is 121 Å². The van der Waals surface area contributed by atoms with Gasteiger partial charge in [0.25, 0.3) is 5.91 Å². The molecule has 1 unspecified atom stereocenters. The van der Waals surface area contributed by atoms with E-state index in [9.17, 15) is 18.3 Å². The van der Waals surface area contributed by atoms with Crippen molar-refractivity contribution in [3.8, 4) is 5.75 Å². The van der Waals surface area contributed by atoms with Crippen molar-refractivity contribution in [3.63, 3.8) is 0 Å². The largest absolute Gasteiger partial charge is 0.505 e. The number of hydrogen-bond acceptors (Lipinski definition) is 5. The number of sulfone groups is 1. The second kappa shape index (κ2) is 5.00. The molecule has 0 aliphatic carbocycles. The van der Waals surface area contributed by atoms with Gasteiger partial charge < -0.3 is 10.4 Å². The van der Waals surface area contributed by atoms with E-state index in [1.165, 1.54) is 12.3 Å². The molecule has 1 amide bonds. The molecule has 0 saturated carbocycles. The molecule has 1 aromatic heterocycles. The molecule has 2 aromatic rings. The fourth-order valence-electron chi connectivity index (χ4n) is 2.48. The van der Waals surface area contributed by atoms with Gasteiger partial charge in [-0.05, 0) is 18.6 Å². The van der Waals surface area contributed by atoms with Crippen molar-refractivity contribution in [2.24, 2.45) is 0 Å². The maximum absolute atomic E-state index is 12.2. The molecule has 1 atom stereocenters. The van der Waals surface area contributed by atoms with Crippen LogP contribution in [0.4, 0.5) is 0 Å². The van der Waals surface area contributed by atoms with Crippen molar-refractivity contribution in [1.29, 1.82) is 0 Å². The Bertz CT molecular complexity index is 817. The molecule has 7 heteroatoms. The lowest BCUT2D eigenvalue weighted by Gasteiger charge is -2.12. The van der Waals surface area contributed by atoms with E-state index in [0.29, 0.717) is 11.9 Å². The molecular formula is C14H14N2O4S. The number of benzene rings is 1. The summed E-state index contributed by atoms with van der Waals surface area (Å²) in [6.45, 7) is 0. The summed E-state index contributed by atoms with van der Waals surface area (Å²) < 4.78 is 22.8. The molecule has 1 fully saturated rings. The van der Waals surface area contributed by atoms with E-state index in [2.05, 4.69) is 10.3 Å². The summed E-state index contributed by atoms with van der Waals surface area (Å²) in [6, 6.07) is 6.33. The highest BCUT2D eigenvalue weighted by molar-refractivity contribution is 7.91. The van der Waals surface area contributed by atoms with E-state index >= 15 is 0 Å². The Morgan fingerprint density at radius 2 is 2.14 bits per heavy atom. The van der Waals surface area contributed by atoms with Crippen LogP contribution in [0.2, 0.25) is 0 Å². The minimum Gasteiger partial charge on any atom is -0.505 e. The van der Waals surface area contributed by atoms with Crippen LogP contribution in [-0.2, 0) is 9.84 Å². The van der Waals surface area contributed by atoms with Gasteiger partial charge in [-0.1, -0.05) is 12.1 Å². The van der Waals surface area contributed by atoms with Gasteiger partial charge >= 0.3 is 0 Å². The molecule has 1 aliphatic heterocycles. The molecule has 0 bridgehead atoms. The Morgan fingerprint density at radius 3 is 2.86 bits per heavy atom. The molecule has 1 aromatic carbocycles. The molecule has 1 saturated heterocycles. The minimum atomic E-state index is -3.06. The standard InChI is InChI=1S/C14H14N2O4S/c17-13-11(4-3-9-2-1-6-15-12(9)13)14(18)16-10-5-7-21(19,20)8-10/h1-4,6,10,17H,5,7-8H2,(H,16,18). The molecule has 3 rings (SSSR count). The van der Waals surface area contributed by atoms with E-state index in [1.54, 1.807) is 18.2 Å². The summed E-state index contributed by atoms with van der Waals surface area (Å²) in [5.41, 5.74) is 0.453. The zero-order valence-corrected chi connectivity index (χ0v) is 11.9. The first-order valence-corrected chi connectivity index (χ1v) is 8.36. The van der Waals surface area contributed by atoms with Gasteiger partial charge in [0, 0.05) is 17.6 Å². The number of phenolic OH excluding ortho intramolecular Hbond substituents is 1. The topological polar surface area (TPSA) is 96.4 Å². The van der Waals surface area contributed by atoms with Crippen molar-refractivity contribution >= 4 is 26.6 Å². The maximum atomic E-state index is 12.2. The average molecular weight is 306 g/mol.